The van der Waals surface area contributed by atoms with Gasteiger partial charge in [0.1, 0.15) is 0 Å². The van der Waals surface area contributed by atoms with Gasteiger partial charge in [0.25, 0.3) is 6.43 Å². The fourth-order valence-corrected chi connectivity index (χ4v) is 1.44. The summed E-state index contributed by atoms with van der Waals surface area (Å²) in [6.45, 7) is 0. The van der Waals surface area contributed by atoms with Crippen LogP contribution < -0.4 is 5.73 Å². The summed E-state index contributed by atoms with van der Waals surface area (Å²) in [5.41, 5.74) is 5.42. The first kappa shape index (κ1) is 10.7. The third-order valence-corrected chi connectivity index (χ3v) is 2.16. The summed E-state index contributed by atoms with van der Waals surface area (Å²) in [5.74, 6) is 0. The van der Waals surface area contributed by atoms with Crippen LogP contribution in [0, 0.1) is 0 Å². The SMILES string of the molecule is N[C@H](c1ccc(Cl)cc1Cl)C(F)F. The normalized spacial score (nSPS) is 13.4. The van der Waals surface area contributed by atoms with Crippen molar-refractivity contribution in [3.63, 3.8) is 0 Å². The highest BCUT2D eigenvalue weighted by atomic mass is 35.5. The molecule has 72 valence electrons. The van der Waals surface area contributed by atoms with Gasteiger partial charge in [-0.15, -0.1) is 0 Å². The quantitative estimate of drug-likeness (QED) is 0.822. The molecule has 0 radical (unpaired) electrons. The summed E-state index contributed by atoms with van der Waals surface area (Å²) < 4.78 is 24.4. The van der Waals surface area contributed by atoms with Crippen LogP contribution in [-0.2, 0) is 0 Å². The van der Waals surface area contributed by atoms with E-state index in [4.69, 9.17) is 28.9 Å². The molecule has 1 aromatic carbocycles. The van der Waals surface area contributed by atoms with Crippen LogP contribution in [0.5, 0.6) is 0 Å². The fraction of sp³-hybridized carbons (Fsp3) is 0.250. The van der Waals surface area contributed by atoms with Crippen LogP contribution >= 0.6 is 23.2 Å². The highest BCUT2D eigenvalue weighted by molar-refractivity contribution is 6.35. The second-order valence-electron chi connectivity index (χ2n) is 2.53. The highest BCUT2D eigenvalue weighted by Crippen LogP contribution is 2.27. The number of hydrogen-bond acceptors (Lipinski definition) is 1. The zero-order chi connectivity index (χ0) is 10.0. The second-order valence-corrected chi connectivity index (χ2v) is 3.37. The molecule has 0 unspecified atom stereocenters. The smallest absolute Gasteiger partial charge is 0.257 e. The molecule has 0 aliphatic rings. The van der Waals surface area contributed by atoms with E-state index in [0.29, 0.717) is 5.02 Å². The van der Waals surface area contributed by atoms with E-state index in [2.05, 4.69) is 0 Å². The first-order valence-corrected chi connectivity index (χ1v) is 4.26. The van der Waals surface area contributed by atoms with Crippen molar-refractivity contribution in [2.24, 2.45) is 5.73 Å². The summed E-state index contributed by atoms with van der Waals surface area (Å²) in [4.78, 5) is 0. The Morgan fingerprint density at radius 3 is 2.31 bits per heavy atom. The molecule has 2 N–H and O–H groups in total. The summed E-state index contributed by atoms with van der Waals surface area (Å²) in [6.07, 6.45) is -2.63. The molecule has 0 aliphatic carbocycles. The van der Waals surface area contributed by atoms with Crippen molar-refractivity contribution in [3.05, 3.63) is 33.8 Å². The lowest BCUT2D eigenvalue weighted by Gasteiger charge is -2.12. The predicted octanol–water partition coefficient (Wildman–Crippen LogP) is 3.26. The van der Waals surface area contributed by atoms with Gasteiger partial charge in [0.15, 0.2) is 0 Å². The van der Waals surface area contributed by atoms with Gasteiger partial charge in [0, 0.05) is 10.0 Å². The van der Waals surface area contributed by atoms with Crippen LogP contribution in [0.15, 0.2) is 18.2 Å². The average molecular weight is 226 g/mol. The molecule has 0 aromatic heterocycles. The Bertz CT molecular complexity index is 304. The lowest BCUT2D eigenvalue weighted by Crippen LogP contribution is -2.19. The van der Waals surface area contributed by atoms with Crippen molar-refractivity contribution < 1.29 is 8.78 Å². The summed E-state index contributed by atoms with van der Waals surface area (Å²) >= 11 is 11.3. The van der Waals surface area contributed by atoms with Gasteiger partial charge in [-0.25, -0.2) is 8.78 Å². The lowest BCUT2D eigenvalue weighted by molar-refractivity contribution is 0.116. The first-order valence-electron chi connectivity index (χ1n) is 3.51. The first-order chi connectivity index (χ1) is 6.02. The minimum Gasteiger partial charge on any atom is -0.319 e. The van der Waals surface area contributed by atoms with E-state index >= 15 is 0 Å². The Morgan fingerprint density at radius 2 is 1.85 bits per heavy atom. The Hall–Kier alpha value is -0.380. The molecule has 0 heterocycles. The van der Waals surface area contributed by atoms with Crippen LogP contribution in [0.2, 0.25) is 10.0 Å². The largest absolute Gasteiger partial charge is 0.319 e. The molecule has 1 rings (SSSR count). The average Bonchev–Trinajstić information content (AvgIpc) is 2.03. The molecule has 0 bridgehead atoms. The van der Waals surface area contributed by atoms with E-state index < -0.39 is 12.5 Å². The summed E-state index contributed by atoms with van der Waals surface area (Å²) in [5, 5.41) is 0.565. The molecule has 1 nitrogen and oxygen atoms in total. The number of halogens is 4. The molecular weight excluding hydrogens is 219 g/mol. The molecule has 0 aliphatic heterocycles. The Balaban J connectivity index is 3.01. The number of benzene rings is 1. The van der Waals surface area contributed by atoms with Crippen LogP contribution in [0.4, 0.5) is 8.78 Å². The van der Waals surface area contributed by atoms with E-state index in [-0.39, 0.29) is 10.6 Å². The van der Waals surface area contributed by atoms with E-state index in [1.807, 2.05) is 0 Å². The fourth-order valence-electron chi connectivity index (χ4n) is 0.908. The van der Waals surface area contributed by atoms with Gasteiger partial charge in [0.05, 0.1) is 6.04 Å². The predicted molar refractivity (Wildman–Crippen MR) is 49.4 cm³/mol. The third kappa shape index (κ3) is 2.53. The molecular formula is C8H7Cl2F2N. The molecule has 0 amide bonds. The van der Waals surface area contributed by atoms with Crippen molar-refractivity contribution >= 4 is 23.2 Å². The molecule has 5 heteroatoms. The van der Waals surface area contributed by atoms with Gasteiger partial charge in [-0.1, -0.05) is 29.3 Å². The molecule has 0 saturated heterocycles. The maximum absolute atomic E-state index is 12.2. The second kappa shape index (κ2) is 4.22. The molecule has 1 aromatic rings. The van der Waals surface area contributed by atoms with Crippen LogP contribution in [0.25, 0.3) is 0 Å². The standard InChI is InChI=1S/C8H7Cl2F2N/c9-4-1-2-5(6(10)3-4)7(13)8(11)12/h1-3,7-8H,13H2/t7-/m1/s1. The lowest BCUT2D eigenvalue weighted by atomic mass is 10.1. The maximum Gasteiger partial charge on any atom is 0.257 e. The van der Waals surface area contributed by atoms with E-state index in [1.165, 1.54) is 18.2 Å². The Kier molecular flexibility index (Phi) is 3.47. The molecule has 0 spiro atoms. The van der Waals surface area contributed by atoms with Crippen molar-refractivity contribution in [3.8, 4) is 0 Å². The van der Waals surface area contributed by atoms with Gasteiger partial charge >= 0.3 is 0 Å². The summed E-state index contributed by atoms with van der Waals surface area (Å²) in [6, 6.07) is 2.91. The topological polar surface area (TPSA) is 26.0 Å². The van der Waals surface area contributed by atoms with Crippen LogP contribution in [0.1, 0.15) is 11.6 Å². The van der Waals surface area contributed by atoms with Gasteiger partial charge < -0.3 is 5.73 Å². The number of rotatable bonds is 2. The Morgan fingerprint density at radius 1 is 1.23 bits per heavy atom. The number of hydrogen-bond donors (Lipinski definition) is 1. The van der Waals surface area contributed by atoms with E-state index in [1.54, 1.807) is 0 Å². The number of alkyl halides is 2. The zero-order valence-electron chi connectivity index (χ0n) is 6.48. The van der Waals surface area contributed by atoms with Crippen molar-refractivity contribution in [1.82, 2.24) is 0 Å². The molecule has 0 fully saturated rings. The summed E-state index contributed by atoms with van der Waals surface area (Å²) in [7, 11) is 0. The van der Waals surface area contributed by atoms with Crippen molar-refractivity contribution in [2.45, 2.75) is 12.5 Å². The van der Waals surface area contributed by atoms with Crippen molar-refractivity contribution in [2.75, 3.05) is 0 Å². The van der Waals surface area contributed by atoms with Gasteiger partial charge in [-0.3, -0.25) is 0 Å². The third-order valence-electron chi connectivity index (χ3n) is 1.59. The van der Waals surface area contributed by atoms with Crippen LogP contribution in [-0.4, -0.2) is 6.43 Å². The van der Waals surface area contributed by atoms with Gasteiger partial charge in [-0.05, 0) is 17.7 Å². The van der Waals surface area contributed by atoms with Crippen LogP contribution in [0.3, 0.4) is 0 Å². The Labute approximate surface area is 84.4 Å². The molecule has 1 atom stereocenters. The minimum atomic E-state index is -2.63. The van der Waals surface area contributed by atoms with Crippen molar-refractivity contribution in [1.29, 1.82) is 0 Å². The number of nitrogens with two attached hydrogens (primary N) is 1. The zero-order valence-corrected chi connectivity index (χ0v) is 7.99. The monoisotopic (exact) mass is 225 g/mol. The van der Waals surface area contributed by atoms with Gasteiger partial charge in [-0.2, -0.15) is 0 Å². The molecule has 13 heavy (non-hydrogen) atoms. The van der Waals surface area contributed by atoms with E-state index in [9.17, 15) is 8.78 Å². The highest BCUT2D eigenvalue weighted by Gasteiger charge is 2.19. The minimum absolute atomic E-state index is 0.167. The van der Waals surface area contributed by atoms with E-state index in [0.717, 1.165) is 0 Å². The molecule has 0 saturated carbocycles. The maximum atomic E-state index is 12.2. The van der Waals surface area contributed by atoms with Gasteiger partial charge in [0.2, 0.25) is 0 Å².